The Labute approximate surface area is 150 Å². The summed E-state index contributed by atoms with van der Waals surface area (Å²) in [4.78, 5) is 14.3. The maximum Gasteiger partial charge on any atom is 0.241 e. The van der Waals surface area contributed by atoms with Crippen molar-refractivity contribution in [2.75, 3.05) is 13.1 Å². The first kappa shape index (κ1) is 17.0. The van der Waals surface area contributed by atoms with Gasteiger partial charge >= 0.3 is 0 Å². The molecule has 2 heterocycles. The highest BCUT2D eigenvalue weighted by atomic mass is 32.2. The van der Waals surface area contributed by atoms with Gasteiger partial charge in [-0.2, -0.15) is 4.72 Å². The SMILES string of the molecule is O=C([C@H]1Cc2ccccc2S(=O)(=O)N1)N1CC(Oc2ccccc2F)C1. The number of nitrogens with one attached hydrogen (secondary N) is 1. The van der Waals surface area contributed by atoms with Gasteiger partial charge in [-0.05, 0) is 30.2 Å². The fourth-order valence-corrected chi connectivity index (χ4v) is 4.66. The minimum Gasteiger partial charge on any atom is -0.484 e. The molecular weight excluding hydrogens is 359 g/mol. The Kier molecular flexibility index (Phi) is 4.16. The Morgan fingerprint density at radius 2 is 1.81 bits per heavy atom. The fourth-order valence-electron chi connectivity index (χ4n) is 3.22. The van der Waals surface area contributed by atoms with Crippen molar-refractivity contribution in [3.05, 3.63) is 59.9 Å². The lowest BCUT2D eigenvalue weighted by Gasteiger charge is -2.41. The zero-order chi connectivity index (χ0) is 18.3. The van der Waals surface area contributed by atoms with Crippen molar-refractivity contribution in [2.45, 2.75) is 23.5 Å². The lowest BCUT2D eigenvalue weighted by Crippen LogP contribution is -2.62. The molecule has 0 unspecified atom stereocenters. The van der Waals surface area contributed by atoms with Gasteiger partial charge in [0.05, 0.1) is 18.0 Å². The molecule has 1 fully saturated rings. The number of para-hydroxylation sites is 1. The van der Waals surface area contributed by atoms with Crippen molar-refractivity contribution < 1.29 is 22.3 Å². The maximum absolute atomic E-state index is 13.6. The fraction of sp³-hybridized carbons (Fsp3) is 0.278. The van der Waals surface area contributed by atoms with Crippen LogP contribution in [-0.2, 0) is 21.2 Å². The first-order chi connectivity index (χ1) is 12.4. The van der Waals surface area contributed by atoms with Crippen molar-refractivity contribution in [1.29, 1.82) is 0 Å². The van der Waals surface area contributed by atoms with E-state index in [1.54, 1.807) is 30.3 Å². The Bertz CT molecular complexity index is 957. The largest absolute Gasteiger partial charge is 0.484 e. The maximum atomic E-state index is 13.6. The molecule has 2 aliphatic heterocycles. The number of hydrogen-bond donors (Lipinski definition) is 1. The van der Waals surface area contributed by atoms with E-state index >= 15 is 0 Å². The van der Waals surface area contributed by atoms with E-state index in [0.717, 1.165) is 0 Å². The first-order valence-corrected chi connectivity index (χ1v) is 9.72. The second kappa shape index (κ2) is 6.37. The number of carbonyl (C=O) groups is 1. The van der Waals surface area contributed by atoms with Gasteiger partial charge in [0.25, 0.3) is 0 Å². The molecule has 0 saturated carbocycles. The number of sulfonamides is 1. The summed E-state index contributed by atoms with van der Waals surface area (Å²) in [5.74, 6) is -0.595. The van der Waals surface area contributed by atoms with Crippen LogP contribution in [0.1, 0.15) is 5.56 Å². The Hall–Kier alpha value is -2.45. The summed E-state index contributed by atoms with van der Waals surface area (Å²) in [5.41, 5.74) is 0.629. The third-order valence-corrected chi connectivity index (χ3v) is 6.14. The summed E-state index contributed by atoms with van der Waals surface area (Å²) in [7, 11) is -3.70. The molecule has 0 bridgehead atoms. The number of hydrogen-bond acceptors (Lipinski definition) is 4. The van der Waals surface area contributed by atoms with E-state index in [0.29, 0.717) is 25.1 Å². The van der Waals surface area contributed by atoms with Crippen LogP contribution in [0.5, 0.6) is 5.75 Å². The first-order valence-electron chi connectivity index (χ1n) is 8.24. The topological polar surface area (TPSA) is 75.7 Å². The summed E-state index contributed by atoms with van der Waals surface area (Å²) in [6.07, 6.45) is 0.00663. The summed E-state index contributed by atoms with van der Waals surface area (Å²) >= 11 is 0. The molecule has 1 saturated heterocycles. The molecule has 0 aliphatic carbocycles. The third-order valence-electron chi connectivity index (χ3n) is 4.57. The average molecular weight is 376 g/mol. The lowest BCUT2D eigenvalue weighted by atomic mass is 10.0. The number of benzene rings is 2. The molecule has 0 aromatic heterocycles. The number of amides is 1. The minimum absolute atomic E-state index is 0.150. The van der Waals surface area contributed by atoms with E-state index < -0.39 is 21.9 Å². The van der Waals surface area contributed by atoms with E-state index in [4.69, 9.17) is 4.74 Å². The summed E-state index contributed by atoms with van der Waals surface area (Å²) < 4.78 is 46.2. The lowest BCUT2D eigenvalue weighted by molar-refractivity contribution is -0.142. The highest BCUT2D eigenvalue weighted by molar-refractivity contribution is 7.89. The second-order valence-electron chi connectivity index (χ2n) is 6.40. The van der Waals surface area contributed by atoms with Crippen LogP contribution in [0.2, 0.25) is 0 Å². The van der Waals surface area contributed by atoms with Crippen molar-refractivity contribution >= 4 is 15.9 Å². The Morgan fingerprint density at radius 3 is 2.58 bits per heavy atom. The molecule has 26 heavy (non-hydrogen) atoms. The molecule has 0 radical (unpaired) electrons. The molecule has 2 aliphatic rings. The number of ether oxygens (including phenoxy) is 1. The normalized spacial score (nSPS) is 21.6. The predicted octanol–water partition coefficient (Wildman–Crippen LogP) is 1.32. The van der Waals surface area contributed by atoms with Crippen LogP contribution in [0, 0.1) is 5.82 Å². The third kappa shape index (κ3) is 3.06. The van der Waals surface area contributed by atoms with Crippen LogP contribution < -0.4 is 9.46 Å². The number of halogens is 1. The van der Waals surface area contributed by atoms with Crippen molar-refractivity contribution in [3.63, 3.8) is 0 Å². The van der Waals surface area contributed by atoms with Crippen molar-refractivity contribution in [1.82, 2.24) is 9.62 Å². The number of rotatable bonds is 3. The van der Waals surface area contributed by atoms with Gasteiger partial charge in [0, 0.05) is 0 Å². The summed E-state index contributed by atoms with van der Waals surface area (Å²) in [6, 6.07) is 11.9. The molecule has 8 heteroatoms. The number of carbonyl (C=O) groups excluding carboxylic acids is 1. The van der Waals surface area contributed by atoms with Crippen LogP contribution in [0.3, 0.4) is 0 Å². The van der Waals surface area contributed by atoms with Crippen LogP contribution in [0.25, 0.3) is 0 Å². The number of likely N-dealkylation sites (tertiary alicyclic amines) is 1. The molecular formula is C18H17FN2O4S. The van der Waals surface area contributed by atoms with Gasteiger partial charge in [-0.3, -0.25) is 4.79 Å². The molecule has 6 nitrogen and oxygen atoms in total. The van der Waals surface area contributed by atoms with Gasteiger partial charge in [-0.15, -0.1) is 0 Å². The summed E-state index contributed by atoms with van der Waals surface area (Å²) in [5, 5.41) is 0. The monoisotopic (exact) mass is 376 g/mol. The van der Waals surface area contributed by atoms with E-state index in [9.17, 15) is 17.6 Å². The Morgan fingerprint density at radius 1 is 1.12 bits per heavy atom. The molecule has 1 N–H and O–H groups in total. The molecule has 2 aromatic rings. The van der Waals surface area contributed by atoms with Gasteiger partial charge in [-0.1, -0.05) is 30.3 Å². The Balaban J connectivity index is 1.40. The molecule has 0 spiro atoms. The van der Waals surface area contributed by atoms with Crippen LogP contribution in [0.15, 0.2) is 53.4 Å². The molecule has 1 atom stereocenters. The van der Waals surface area contributed by atoms with Gasteiger partial charge in [-0.25, -0.2) is 12.8 Å². The standard InChI is InChI=1S/C18H17FN2O4S/c19-14-6-2-3-7-16(14)25-13-10-21(11-13)18(22)15-9-12-5-1-4-8-17(12)26(23,24)20-15/h1-8,13,15,20H,9-11H2/t15-/m1/s1. The molecule has 2 aromatic carbocycles. The number of nitrogens with zero attached hydrogens (tertiary/aromatic N) is 1. The van der Waals surface area contributed by atoms with Gasteiger partial charge < -0.3 is 9.64 Å². The quantitative estimate of drug-likeness (QED) is 0.877. The predicted molar refractivity (Wildman–Crippen MR) is 91.7 cm³/mol. The zero-order valence-corrected chi connectivity index (χ0v) is 14.6. The second-order valence-corrected chi connectivity index (χ2v) is 8.08. The molecule has 136 valence electrons. The van der Waals surface area contributed by atoms with Crippen molar-refractivity contribution in [3.8, 4) is 5.75 Å². The van der Waals surface area contributed by atoms with Crippen LogP contribution in [-0.4, -0.2) is 44.5 Å². The average Bonchev–Trinajstić information content (AvgIpc) is 2.58. The minimum atomic E-state index is -3.70. The van der Waals surface area contributed by atoms with Gasteiger partial charge in [0.15, 0.2) is 11.6 Å². The highest BCUT2D eigenvalue weighted by Crippen LogP contribution is 2.25. The van der Waals surface area contributed by atoms with Gasteiger partial charge in [0.1, 0.15) is 12.1 Å². The zero-order valence-electron chi connectivity index (χ0n) is 13.8. The highest BCUT2D eigenvalue weighted by Gasteiger charge is 2.40. The van der Waals surface area contributed by atoms with Crippen LogP contribution in [0.4, 0.5) is 4.39 Å². The number of fused-ring (bicyclic) bond motifs is 1. The molecule has 4 rings (SSSR count). The van der Waals surface area contributed by atoms with E-state index in [2.05, 4.69) is 4.72 Å². The van der Waals surface area contributed by atoms with E-state index in [1.165, 1.54) is 23.1 Å². The smallest absolute Gasteiger partial charge is 0.241 e. The van der Waals surface area contributed by atoms with Crippen molar-refractivity contribution in [2.24, 2.45) is 0 Å². The van der Waals surface area contributed by atoms with E-state index in [-0.39, 0.29) is 22.7 Å². The van der Waals surface area contributed by atoms with E-state index in [1.807, 2.05) is 0 Å². The van der Waals surface area contributed by atoms with Gasteiger partial charge in [0.2, 0.25) is 15.9 Å². The molecule has 1 amide bonds. The van der Waals surface area contributed by atoms with Crippen LogP contribution >= 0.6 is 0 Å². The summed E-state index contributed by atoms with van der Waals surface area (Å²) in [6.45, 7) is 0.597.